The zero-order chi connectivity index (χ0) is 26.1. The minimum Gasteiger partial charge on any atom is -0.395 e. The van der Waals surface area contributed by atoms with Crippen molar-refractivity contribution in [1.29, 1.82) is 0 Å². The molecule has 1 aliphatic carbocycles. The zero-order valence-corrected chi connectivity index (χ0v) is 19.8. The maximum Gasteiger partial charge on any atom is 0.251 e. The number of amides is 2. The average molecular weight is 499 g/mol. The summed E-state index contributed by atoms with van der Waals surface area (Å²) in [5.74, 6) is -2.37. The van der Waals surface area contributed by atoms with Crippen LogP contribution in [0.25, 0.3) is 11.1 Å². The summed E-state index contributed by atoms with van der Waals surface area (Å²) in [7, 11) is 0. The molecule has 4 aromatic rings. The number of primary amides is 1. The van der Waals surface area contributed by atoms with Crippen LogP contribution < -0.4 is 11.1 Å². The van der Waals surface area contributed by atoms with Crippen molar-refractivity contribution >= 4 is 11.8 Å². The van der Waals surface area contributed by atoms with Gasteiger partial charge < -0.3 is 16.2 Å². The summed E-state index contributed by atoms with van der Waals surface area (Å²) in [6.45, 7) is 0.109. The summed E-state index contributed by atoms with van der Waals surface area (Å²) in [5, 5.41) is 13.0. The fraction of sp³-hybridized carbons (Fsp3) is 0.133. The smallest absolute Gasteiger partial charge is 0.251 e. The quantitative estimate of drug-likeness (QED) is 0.360. The van der Waals surface area contributed by atoms with Gasteiger partial charge in [-0.25, -0.2) is 8.78 Å². The molecule has 37 heavy (non-hydrogen) atoms. The van der Waals surface area contributed by atoms with E-state index in [-0.39, 0.29) is 25.0 Å². The summed E-state index contributed by atoms with van der Waals surface area (Å²) >= 11 is 0. The number of halogens is 2. The number of benzene rings is 4. The van der Waals surface area contributed by atoms with E-state index in [4.69, 9.17) is 5.73 Å². The molecule has 0 spiro atoms. The predicted octanol–water partition coefficient (Wildman–Crippen LogP) is 4.69. The molecule has 0 saturated carbocycles. The fourth-order valence-corrected chi connectivity index (χ4v) is 4.92. The molecule has 0 bridgehead atoms. The molecule has 0 saturated heterocycles. The molecule has 0 radical (unpaired) electrons. The van der Waals surface area contributed by atoms with Gasteiger partial charge >= 0.3 is 0 Å². The zero-order valence-electron chi connectivity index (χ0n) is 19.8. The van der Waals surface area contributed by atoms with E-state index in [1.54, 1.807) is 42.5 Å². The van der Waals surface area contributed by atoms with Gasteiger partial charge in [-0.3, -0.25) is 9.59 Å². The Morgan fingerprint density at radius 3 is 2.38 bits per heavy atom. The second-order valence-corrected chi connectivity index (χ2v) is 9.11. The van der Waals surface area contributed by atoms with Crippen molar-refractivity contribution in [2.45, 2.75) is 18.9 Å². The van der Waals surface area contributed by atoms with E-state index in [2.05, 4.69) is 5.32 Å². The number of fused-ring (bicyclic) bond motifs is 2. The predicted molar refractivity (Wildman–Crippen MR) is 136 cm³/mol. The minimum absolute atomic E-state index is 0.119. The Morgan fingerprint density at radius 2 is 1.65 bits per heavy atom. The monoisotopic (exact) mass is 498 g/mol. The molecule has 186 valence electrons. The first kappa shape index (κ1) is 24.3. The molecule has 2 amide bonds. The summed E-state index contributed by atoms with van der Waals surface area (Å²) in [4.78, 5) is 24.3. The number of nitrogens with one attached hydrogen (secondary N) is 1. The van der Waals surface area contributed by atoms with Crippen LogP contribution in [-0.2, 0) is 13.0 Å². The molecule has 5 rings (SSSR count). The Kier molecular flexibility index (Phi) is 6.54. The van der Waals surface area contributed by atoms with E-state index >= 15 is 0 Å². The van der Waals surface area contributed by atoms with Gasteiger partial charge in [-0.2, -0.15) is 0 Å². The molecular weight excluding hydrogens is 474 g/mol. The number of aliphatic hydroxyl groups is 1. The lowest BCUT2D eigenvalue weighted by Gasteiger charge is -2.28. The highest BCUT2D eigenvalue weighted by molar-refractivity contribution is 5.95. The third-order valence-corrected chi connectivity index (χ3v) is 6.77. The van der Waals surface area contributed by atoms with Crippen LogP contribution in [0, 0.1) is 11.6 Å². The van der Waals surface area contributed by atoms with E-state index in [9.17, 15) is 23.5 Å². The molecule has 0 aromatic heterocycles. The molecule has 4 N–H and O–H groups in total. The molecule has 4 aromatic carbocycles. The summed E-state index contributed by atoms with van der Waals surface area (Å²) in [6, 6.07) is 21.1. The lowest BCUT2D eigenvalue weighted by Crippen LogP contribution is -2.24. The third kappa shape index (κ3) is 4.86. The molecule has 1 atom stereocenters. The topological polar surface area (TPSA) is 92.4 Å². The van der Waals surface area contributed by atoms with Gasteiger partial charge in [-0.05, 0) is 76.2 Å². The Labute approximate surface area is 212 Å². The summed E-state index contributed by atoms with van der Waals surface area (Å²) in [6.07, 6.45) is 0.500. The van der Waals surface area contributed by atoms with Gasteiger partial charge in [0, 0.05) is 35.2 Å². The molecule has 0 unspecified atom stereocenters. The SMILES string of the molecule is NC(=O)c1cccc(CNC(=O)c2ccc3c(c2)Cc2cc(-c4ccc(F)cc4F)ccc2[C@@H]3CO)c1. The van der Waals surface area contributed by atoms with E-state index in [1.165, 1.54) is 12.1 Å². The van der Waals surface area contributed by atoms with Gasteiger partial charge in [-0.1, -0.05) is 36.4 Å². The third-order valence-electron chi connectivity index (χ3n) is 6.77. The Bertz CT molecular complexity index is 1530. The highest BCUT2D eigenvalue weighted by Crippen LogP contribution is 2.39. The number of hydrogen-bond donors (Lipinski definition) is 3. The maximum absolute atomic E-state index is 14.4. The number of aliphatic hydroxyl groups excluding tert-OH is 1. The number of carbonyl (C=O) groups excluding carboxylic acids is 2. The Morgan fingerprint density at radius 1 is 0.892 bits per heavy atom. The van der Waals surface area contributed by atoms with Crippen LogP contribution in [-0.4, -0.2) is 23.5 Å². The minimum atomic E-state index is -0.643. The largest absolute Gasteiger partial charge is 0.395 e. The van der Waals surface area contributed by atoms with Crippen molar-refractivity contribution in [3.8, 4) is 11.1 Å². The van der Waals surface area contributed by atoms with Crippen LogP contribution in [0.4, 0.5) is 8.78 Å². The van der Waals surface area contributed by atoms with Gasteiger partial charge in [0.1, 0.15) is 11.6 Å². The van der Waals surface area contributed by atoms with Crippen molar-refractivity contribution in [3.63, 3.8) is 0 Å². The summed E-state index contributed by atoms with van der Waals surface area (Å²) < 4.78 is 27.8. The molecule has 0 heterocycles. The van der Waals surface area contributed by atoms with E-state index in [1.807, 2.05) is 18.2 Å². The molecule has 7 heteroatoms. The first-order valence-corrected chi connectivity index (χ1v) is 11.8. The van der Waals surface area contributed by atoms with Crippen LogP contribution in [0.15, 0.2) is 78.9 Å². The van der Waals surface area contributed by atoms with Crippen LogP contribution in [0.2, 0.25) is 0 Å². The Balaban J connectivity index is 1.40. The van der Waals surface area contributed by atoms with Crippen LogP contribution in [0.3, 0.4) is 0 Å². The number of nitrogens with two attached hydrogens (primary N) is 1. The van der Waals surface area contributed by atoms with E-state index < -0.39 is 17.5 Å². The Hall–Kier alpha value is -4.36. The van der Waals surface area contributed by atoms with Gasteiger partial charge in [-0.15, -0.1) is 0 Å². The number of carbonyl (C=O) groups is 2. The van der Waals surface area contributed by atoms with Crippen molar-refractivity contribution < 1.29 is 23.5 Å². The molecule has 0 aliphatic heterocycles. The van der Waals surface area contributed by atoms with E-state index in [0.717, 1.165) is 33.9 Å². The first-order chi connectivity index (χ1) is 17.8. The highest BCUT2D eigenvalue weighted by Gasteiger charge is 2.26. The second-order valence-electron chi connectivity index (χ2n) is 9.11. The molecular formula is C30H24F2N2O3. The molecule has 0 fully saturated rings. The maximum atomic E-state index is 14.4. The average Bonchev–Trinajstić information content (AvgIpc) is 2.89. The van der Waals surface area contributed by atoms with Gasteiger partial charge in [0.15, 0.2) is 0 Å². The van der Waals surface area contributed by atoms with Crippen LogP contribution >= 0.6 is 0 Å². The molecule has 1 aliphatic rings. The second kappa shape index (κ2) is 9.95. The number of hydrogen-bond acceptors (Lipinski definition) is 3. The van der Waals surface area contributed by atoms with Gasteiger partial charge in [0.25, 0.3) is 5.91 Å². The fourth-order valence-electron chi connectivity index (χ4n) is 4.92. The van der Waals surface area contributed by atoms with E-state index in [0.29, 0.717) is 28.7 Å². The molecule has 5 nitrogen and oxygen atoms in total. The van der Waals surface area contributed by atoms with Gasteiger partial charge in [0.05, 0.1) is 6.61 Å². The lowest BCUT2D eigenvalue weighted by molar-refractivity contribution is 0.0950. The normalized spacial score (nSPS) is 14.0. The van der Waals surface area contributed by atoms with Crippen LogP contribution in [0.1, 0.15) is 54.5 Å². The van der Waals surface area contributed by atoms with Crippen molar-refractivity contribution in [1.82, 2.24) is 5.32 Å². The van der Waals surface area contributed by atoms with Crippen molar-refractivity contribution in [2.24, 2.45) is 5.73 Å². The lowest BCUT2D eigenvalue weighted by atomic mass is 9.77. The van der Waals surface area contributed by atoms with Crippen molar-refractivity contribution in [2.75, 3.05) is 6.61 Å². The summed E-state index contributed by atoms with van der Waals surface area (Å²) in [5.41, 5.74) is 11.5. The number of rotatable bonds is 6. The standard InChI is InChI=1S/C30H24F2N2O3/c31-23-6-9-26(28(32)14-23)18-4-7-24-21(11-18)13-22-12-20(5-8-25(22)27(24)16-35)30(37)34-15-17-2-1-3-19(10-17)29(33)36/h1-12,14,27,35H,13,15-16H2,(H2,33,36)(H,34,37)/t27-/m0/s1. The van der Waals surface area contributed by atoms with Gasteiger partial charge in [0.2, 0.25) is 5.91 Å². The first-order valence-electron chi connectivity index (χ1n) is 11.8. The van der Waals surface area contributed by atoms with Crippen molar-refractivity contribution in [3.05, 3.63) is 129 Å². The highest BCUT2D eigenvalue weighted by atomic mass is 19.1. The van der Waals surface area contributed by atoms with Crippen LogP contribution in [0.5, 0.6) is 0 Å².